The molecule has 0 aliphatic heterocycles. The molecule has 1 aromatic carbocycles. The van der Waals surface area contributed by atoms with Gasteiger partial charge in [0.25, 0.3) is 0 Å². The molecular formula is C28H28ClF3N8. The average Bonchev–Trinajstić information content (AvgIpc) is 3.57. The number of pyridine rings is 2. The minimum Gasteiger partial charge on any atom is -0.383 e. The third-order valence-electron chi connectivity index (χ3n) is 6.92. The minimum absolute atomic E-state index is 0.0394. The molecule has 1 atom stereocenters. The molecule has 0 spiro atoms. The Morgan fingerprint density at radius 2 is 1.90 bits per heavy atom. The van der Waals surface area contributed by atoms with Crippen LogP contribution in [-0.2, 0) is 5.54 Å². The van der Waals surface area contributed by atoms with E-state index in [1.165, 1.54) is 12.4 Å². The van der Waals surface area contributed by atoms with Crippen LogP contribution in [0.3, 0.4) is 0 Å². The van der Waals surface area contributed by atoms with E-state index in [1.54, 1.807) is 12.3 Å². The lowest BCUT2D eigenvalue weighted by Gasteiger charge is -2.22. The number of aryl methyl sites for hydroxylation is 1. The largest absolute Gasteiger partial charge is 0.413 e. The molecule has 1 fully saturated rings. The Balaban J connectivity index is 1.58. The van der Waals surface area contributed by atoms with Crippen LogP contribution in [0.2, 0.25) is 5.02 Å². The highest BCUT2D eigenvalue weighted by Crippen LogP contribution is 2.55. The van der Waals surface area contributed by atoms with Gasteiger partial charge < -0.3 is 10.6 Å². The van der Waals surface area contributed by atoms with Gasteiger partial charge in [-0.15, -0.1) is 5.10 Å². The van der Waals surface area contributed by atoms with Crippen LogP contribution in [0.1, 0.15) is 62.2 Å². The summed E-state index contributed by atoms with van der Waals surface area (Å²) in [7, 11) is 0. The van der Waals surface area contributed by atoms with Crippen LogP contribution in [-0.4, -0.2) is 37.7 Å². The van der Waals surface area contributed by atoms with Gasteiger partial charge in [-0.05, 0) is 48.9 Å². The molecule has 0 radical (unpaired) electrons. The third-order valence-corrected chi connectivity index (χ3v) is 7.20. The van der Waals surface area contributed by atoms with E-state index >= 15 is 0 Å². The summed E-state index contributed by atoms with van der Waals surface area (Å²) in [6.45, 7) is 8.67. The van der Waals surface area contributed by atoms with E-state index < -0.39 is 17.8 Å². The van der Waals surface area contributed by atoms with E-state index in [2.05, 4.69) is 57.8 Å². The van der Waals surface area contributed by atoms with Gasteiger partial charge in [-0.3, -0.25) is 9.97 Å². The predicted molar refractivity (Wildman–Crippen MR) is 147 cm³/mol. The van der Waals surface area contributed by atoms with Gasteiger partial charge in [-0.25, -0.2) is 4.68 Å². The maximum absolute atomic E-state index is 13.8. The topological polar surface area (TPSA) is 104 Å². The molecule has 5 rings (SSSR count). The van der Waals surface area contributed by atoms with Crippen molar-refractivity contribution in [3.63, 3.8) is 0 Å². The number of nitriles is 1. The highest BCUT2D eigenvalue weighted by Gasteiger charge is 2.66. The number of anilines is 2. The zero-order valence-electron chi connectivity index (χ0n) is 22.4. The molecule has 0 amide bonds. The van der Waals surface area contributed by atoms with Crippen molar-refractivity contribution in [2.45, 2.75) is 58.3 Å². The molecule has 0 saturated heterocycles. The Labute approximate surface area is 234 Å². The molecule has 8 nitrogen and oxygen atoms in total. The lowest BCUT2D eigenvalue weighted by Crippen LogP contribution is -2.35. The van der Waals surface area contributed by atoms with Crippen molar-refractivity contribution in [2.75, 3.05) is 17.2 Å². The van der Waals surface area contributed by atoms with E-state index in [4.69, 9.17) is 11.6 Å². The number of nitrogens with zero attached hydrogens (tertiary/aromatic N) is 6. The Morgan fingerprint density at radius 1 is 1.15 bits per heavy atom. The summed E-state index contributed by atoms with van der Waals surface area (Å²) >= 11 is 6.66. The van der Waals surface area contributed by atoms with Crippen LogP contribution in [0.4, 0.5) is 24.5 Å². The Morgan fingerprint density at radius 3 is 2.50 bits per heavy atom. The summed E-state index contributed by atoms with van der Waals surface area (Å²) in [5, 5.41) is 25.5. The van der Waals surface area contributed by atoms with Gasteiger partial charge in [0, 0.05) is 35.7 Å². The number of rotatable bonds is 7. The average molecular weight is 569 g/mol. The highest BCUT2D eigenvalue weighted by molar-refractivity contribution is 6.35. The molecule has 40 heavy (non-hydrogen) atoms. The summed E-state index contributed by atoms with van der Waals surface area (Å²) in [5.74, 6) is 0. The lowest BCUT2D eigenvalue weighted by atomic mass is 9.96. The SMILES string of the molecule is Cc1ccc(C(Nc2cc(Cl)c3ncc(C#N)c(NCC(C)(C)C)c3c2)c2cn(C3(C(F)(F)F)CC3)nn2)cn1. The molecule has 1 saturated carbocycles. The van der Waals surface area contributed by atoms with Crippen molar-refractivity contribution in [2.24, 2.45) is 5.41 Å². The molecule has 208 valence electrons. The van der Waals surface area contributed by atoms with E-state index in [0.29, 0.717) is 50.7 Å². The third kappa shape index (κ3) is 5.28. The summed E-state index contributed by atoms with van der Waals surface area (Å²) in [4.78, 5) is 8.77. The fourth-order valence-corrected chi connectivity index (χ4v) is 4.76. The number of alkyl halides is 3. The normalized spacial score (nSPS) is 15.5. The van der Waals surface area contributed by atoms with Gasteiger partial charge in [-0.2, -0.15) is 18.4 Å². The lowest BCUT2D eigenvalue weighted by molar-refractivity contribution is -0.182. The molecule has 2 N–H and O–H groups in total. The molecule has 3 aromatic heterocycles. The first-order valence-electron chi connectivity index (χ1n) is 12.8. The number of hydrogen-bond donors (Lipinski definition) is 2. The maximum Gasteiger partial charge on any atom is 0.413 e. The van der Waals surface area contributed by atoms with Gasteiger partial charge in [0.2, 0.25) is 0 Å². The Bertz CT molecular complexity index is 1600. The second kappa shape index (κ2) is 9.93. The molecular weight excluding hydrogens is 541 g/mol. The molecule has 4 aromatic rings. The minimum atomic E-state index is -4.43. The van der Waals surface area contributed by atoms with Crippen LogP contribution >= 0.6 is 11.6 Å². The number of benzene rings is 1. The van der Waals surface area contributed by atoms with Gasteiger partial charge in [0.05, 0.1) is 34.0 Å². The van der Waals surface area contributed by atoms with Crippen LogP contribution in [0, 0.1) is 23.7 Å². The smallest absolute Gasteiger partial charge is 0.383 e. The number of halogens is 4. The number of hydrogen-bond acceptors (Lipinski definition) is 7. The second-order valence-electron chi connectivity index (χ2n) is 11.4. The van der Waals surface area contributed by atoms with Gasteiger partial charge in [-0.1, -0.05) is 43.7 Å². The maximum atomic E-state index is 13.8. The summed E-state index contributed by atoms with van der Waals surface area (Å²) < 4.78 is 42.2. The van der Waals surface area contributed by atoms with Crippen molar-refractivity contribution >= 4 is 33.9 Å². The zero-order chi connectivity index (χ0) is 28.9. The number of nitrogens with one attached hydrogen (secondary N) is 2. The quantitative estimate of drug-likeness (QED) is 0.253. The van der Waals surface area contributed by atoms with E-state index in [0.717, 1.165) is 10.4 Å². The van der Waals surface area contributed by atoms with Crippen molar-refractivity contribution in [1.82, 2.24) is 25.0 Å². The van der Waals surface area contributed by atoms with Crippen molar-refractivity contribution < 1.29 is 13.2 Å². The van der Waals surface area contributed by atoms with E-state index in [9.17, 15) is 18.4 Å². The van der Waals surface area contributed by atoms with Crippen LogP contribution in [0.5, 0.6) is 0 Å². The first-order chi connectivity index (χ1) is 18.8. The number of fused-ring (bicyclic) bond motifs is 1. The van der Waals surface area contributed by atoms with E-state index in [-0.39, 0.29) is 18.3 Å². The van der Waals surface area contributed by atoms with Crippen LogP contribution < -0.4 is 10.6 Å². The highest BCUT2D eigenvalue weighted by atomic mass is 35.5. The van der Waals surface area contributed by atoms with Crippen LogP contribution in [0.25, 0.3) is 10.9 Å². The Kier molecular flexibility index (Phi) is 6.86. The number of aromatic nitrogens is 5. The molecule has 1 aliphatic carbocycles. The first-order valence-corrected chi connectivity index (χ1v) is 13.1. The fourth-order valence-electron chi connectivity index (χ4n) is 4.50. The van der Waals surface area contributed by atoms with Crippen molar-refractivity contribution in [1.29, 1.82) is 5.26 Å². The van der Waals surface area contributed by atoms with Crippen molar-refractivity contribution in [3.8, 4) is 6.07 Å². The van der Waals surface area contributed by atoms with Gasteiger partial charge in [0.1, 0.15) is 11.8 Å². The van der Waals surface area contributed by atoms with Gasteiger partial charge in [0.15, 0.2) is 5.54 Å². The van der Waals surface area contributed by atoms with Gasteiger partial charge >= 0.3 is 6.18 Å². The molecule has 1 unspecified atom stereocenters. The van der Waals surface area contributed by atoms with E-state index in [1.807, 2.05) is 25.1 Å². The first kappa shape index (κ1) is 27.6. The van der Waals surface area contributed by atoms with Crippen LogP contribution in [0.15, 0.2) is 42.9 Å². The molecule has 12 heteroatoms. The fraction of sp³-hybridized carbons (Fsp3) is 0.393. The molecule has 0 bridgehead atoms. The predicted octanol–water partition coefficient (Wildman–Crippen LogP) is 6.77. The molecule has 1 aliphatic rings. The van der Waals surface area contributed by atoms with Crippen molar-refractivity contribution in [3.05, 3.63) is 70.4 Å². The monoisotopic (exact) mass is 568 g/mol. The summed E-state index contributed by atoms with van der Waals surface area (Å²) in [6.07, 6.45) is -0.0339. The molecule has 3 heterocycles. The standard InChI is InChI=1S/C28H28ClF3N8/c1-16-5-6-17(12-34-16)24(22-14-40(39-38-22)27(7-8-27)28(30,31)32)37-19-9-20-23(36-15-26(2,3)4)18(11-33)13-35-25(20)21(29)10-19/h5-6,9-10,12-14,24,37H,7-8,15H2,1-4H3,(H,35,36). The Hall–Kier alpha value is -3.91. The summed E-state index contributed by atoms with van der Waals surface area (Å²) in [5.41, 5.74) is 1.74. The summed E-state index contributed by atoms with van der Waals surface area (Å²) in [6, 6.07) is 8.66. The second-order valence-corrected chi connectivity index (χ2v) is 11.8. The zero-order valence-corrected chi connectivity index (χ0v) is 23.2.